The van der Waals surface area contributed by atoms with Gasteiger partial charge in [-0.3, -0.25) is 4.99 Å². The zero-order valence-corrected chi connectivity index (χ0v) is 16.3. The molecule has 0 aliphatic heterocycles. The minimum atomic E-state index is 0.158. The van der Waals surface area contributed by atoms with E-state index in [9.17, 15) is 0 Å². The normalized spacial score (nSPS) is 12.8. The number of hydrogen-bond acceptors (Lipinski definition) is 5. The highest BCUT2D eigenvalue weighted by molar-refractivity contribution is 5.79. The van der Waals surface area contributed by atoms with Crippen molar-refractivity contribution in [1.82, 2.24) is 15.5 Å². The summed E-state index contributed by atoms with van der Waals surface area (Å²) < 4.78 is 16.1. The zero-order chi connectivity index (χ0) is 18.7. The largest absolute Gasteiger partial charge is 0.493 e. The molecule has 1 aromatic rings. The van der Waals surface area contributed by atoms with E-state index in [0.717, 1.165) is 36.2 Å². The van der Waals surface area contributed by atoms with Crippen molar-refractivity contribution in [2.75, 3.05) is 61.7 Å². The van der Waals surface area contributed by atoms with Gasteiger partial charge in [0, 0.05) is 26.7 Å². The molecule has 142 valence electrons. The van der Waals surface area contributed by atoms with Gasteiger partial charge in [0.2, 0.25) is 0 Å². The second-order valence-electron chi connectivity index (χ2n) is 5.67. The molecule has 0 fully saturated rings. The summed E-state index contributed by atoms with van der Waals surface area (Å²) >= 11 is 0. The third-order valence-corrected chi connectivity index (χ3v) is 3.85. The lowest BCUT2D eigenvalue weighted by Gasteiger charge is -2.26. The van der Waals surface area contributed by atoms with Crippen LogP contribution in [0.15, 0.2) is 23.2 Å². The summed E-state index contributed by atoms with van der Waals surface area (Å²) in [6.45, 7) is 4.78. The smallest absolute Gasteiger partial charge is 0.191 e. The first-order valence-corrected chi connectivity index (χ1v) is 8.47. The second-order valence-corrected chi connectivity index (χ2v) is 5.67. The molecule has 1 rings (SSSR count). The van der Waals surface area contributed by atoms with Gasteiger partial charge in [0.1, 0.15) is 0 Å². The molecule has 7 nitrogen and oxygen atoms in total. The van der Waals surface area contributed by atoms with Gasteiger partial charge in [-0.1, -0.05) is 6.07 Å². The fourth-order valence-corrected chi connectivity index (χ4v) is 2.46. The Bertz CT molecular complexity index is 535. The topological polar surface area (TPSA) is 67.3 Å². The SMILES string of the molecule is CCOCCNC(=NC)NCC(c1ccc(OC)c(OC)c1)N(C)C. The number of guanidine groups is 1. The first-order valence-electron chi connectivity index (χ1n) is 8.47. The van der Waals surface area contributed by atoms with Crippen LogP contribution in [0.5, 0.6) is 11.5 Å². The molecule has 25 heavy (non-hydrogen) atoms. The summed E-state index contributed by atoms with van der Waals surface area (Å²) in [6.07, 6.45) is 0. The van der Waals surface area contributed by atoms with Crippen molar-refractivity contribution in [3.63, 3.8) is 0 Å². The molecule has 1 atom stereocenters. The summed E-state index contributed by atoms with van der Waals surface area (Å²) in [5.74, 6) is 2.21. The van der Waals surface area contributed by atoms with Crippen molar-refractivity contribution < 1.29 is 14.2 Å². The van der Waals surface area contributed by atoms with Crippen LogP contribution >= 0.6 is 0 Å². The quantitative estimate of drug-likeness (QED) is 0.378. The van der Waals surface area contributed by atoms with Gasteiger partial charge in [-0.15, -0.1) is 0 Å². The lowest BCUT2D eigenvalue weighted by molar-refractivity contribution is 0.152. The van der Waals surface area contributed by atoms with Crippen LogP contribution in [0.2, 0.25) is 0 Å². The van der Waals surface area contributed by atoms with Crippen LogP contribution in [-0.4, -0.2) is 72.5 Å². The predicted molar refractivity (Wildman–Crippen MR) is 102 cm³/mol. The van der Waals surface area contributed by atoms with Gasteiger partial charge in [0.15, 0.2) is 17.5 Å². The standard InChI is InChI=1S/C18H32N4O3/c1-7-25-11-10-20-18(19-2)21-13-15(22(3)4)14-8-9-16(23-5)17(12-14)24-6/h8-9,12,15H,7,10-11,13H2,1-6H3,(H2,19,20,21). The second kappa shape index (κ2) is 11.5. The van der Waals surface area contributed by atoms with Crippen molar-refractivity contribution in [2.24, 2.45) is 4.99 Å². The fourth-order valence-electron chi connectivity index (χ4n) is 2.46. The van der Waals surface area contributed by atoms with E-state index in [1.807, 2.05) is 33.2 Å². The summed E-state index contributed by atoms with van der Waals surface area (Å²) in [4.78, 5) is 6.40. The van der Waals surface area contributed by atoms with E-state index in [1.165, 1.54) is 0 Å². The Labute approximate surface area is 151 Å². The zero-order valence-electron chi connectivity index (χ0n) is 16.3. The number of nitrogens with one attached hydrogen (secondary N) is 2. The van der Waals surface area contributed by atoms with Crippen molar-refractivity contribution in [3.8, 4) is 11.5 Å². The summed E-state index contributed by atoms with van der Waals surface area (Å²) in [6, 6.07) is 6.15. The summed E-state index contributed by atoms with van der Waals surface area (Å²) in [5.41, 5.74) is 1.14. The van der Waals surface area contributed by atoms with Gasteiger partial charge in [-0.05, 0) is 38.7 Å². The number of benzene rings is 1. The number of methoxy groups -OCH3 is 2. The molecule has 2 N–H and O–H groups in total. The Morgan fingerprint density at radius 3 is 2.44 bits per heavy atom. The number of hydrogen-bond donors (Lipinski definition) is 2. The van der Waals surface area contributed by atoms with Crippen molar-refractivity contribution >= 4 is 5.96 Å². The van der Waals surface area contributed by atoms with Crippen LogP contribution in [0.25, 0.3) is 0 Å². The highest BCUT2D eigenvalue weighted by atomic mass is 16.5. The fraction of sp³-hybridized carbons (Fsp3) is 0.611. The van der Waals surface area contributed by atoms with Gasteiger partial charge < -0.3 is 29.7 Å². The number of likely N-dealkylation sites (N-methyl/N-ethyl adjacent to an activating group) is 1. The molecule has 0 aliphatic carbocycles. The highest BCUT2D eigenvalue weighted by Gasteiger charge is 2.17. The predicted octanol–water partition coefficient (Wildman–Crippen LogP) is 1.51. The molecule has 1 aromatic carbocycles. The van der Waals surface area contributed by atoms with Crippen LogP contribution in [0.1, 0.15) is 18.5 Å². The molecule has 0 radical (unpaired) electrons. The molecule has 1 unspecified atom stereocenters. The number of rotatable bonds is 10. The monoisotopic (exact) mass is 352 g/mol. The maximum absolute atomic E-state index is 5.42. The van der Waals surface area contributed by atoms with Crippen LogP contribution in [0.3, 0.4) is 0 Å². The van der Waals surface area contributed by atoms with Crippen molar-refractivity contribution in [3.05, 3.63) is 23.8 Å². The van der Waals surface area contributed by atoms with Gasteiger partial charge in [0.05, 0.1) is 26.9 Å². The Kier molecular flexibility index (Phi) is 9.72. The van der Waals surface area contributed by atoms with Crippen LogP contribution in [0, 0.1) is 0 Å². The van der Waals surface area contributed by atoms with Crippen molar-refractivity contribution in [2.45, 2.75) is 13.0 Å². The number of nitrogens with zero attached hydrogens (tertiary/aromatic N) is 2. The van der Waals surface area contributed by atoms with E-state index >= 15 is 0 Å². The molecule has 0 aromatic heterocycles. The molecule has 0 heterocycles. The lowest BCUT2D eigenvalue weighted by atomic mass is 10.1. The summed E-state index contributed by atoms with van der Waals surface area (Å²) in [7, 11) is 9.15. The average Bonchev–Trinajstić information content (AvgIpc) is 2.63. The molecular formula is C18H32N4O3. The summed E-state index contributed by atoms with van der Waals surface area (Å²) in [5, 5.41) is 6.60. The minimum absolute atomic E-state index is 0.158. The van der Waals surface area contributed by atoms with E-state index in [1.54, 1.807) is 21.3 Å². The Hall–Kier alpha value is -1.99. The van der Waals surface area contributed by atoms with E-state index in [4.69, 9.17) is 14.2 Å². The number of ether oxygens (including phenoxy) is 3. The van der Waals surface area contributed by atoms with Gasteiger partial charge in [-0.2, -0.15) is 0 Å². The van der Waals surface area contributed by atoms with Gasteiger partial charge in [-0.25, -0.2) is 0 Å². The average molecular weight is 352 g/mol. The molecule has 0 saturated heterocycles. The maximum Gasteiger partial charge on any atom is 0.191 e. The third-order valence-electron chi connectivity index (χ3n) is 3.85. The molecule has 0 aliphatic rings. The van der Waals surface area contributed by atoms with Gasteiger partial charge in [0.25, 0.3) is 0 Å². The first-order chi connectivity index (χ1) is 12.1. The first kappa shape index (κ1) is 21.1. The van der Waals surface area contributed by atoms with Crippen LogP contribution < -0.4 is 20.1 Å². The Morgan fingerprint density at radius 1 is 1.16 bits per heavy atom. The van der Waals surface area contributed by atoms with E-state index in [2.05, 4.69) is 26.6 Å². The van der Waals surface area contributed by atoms with E-state index in [-0.39, 0.29) is 6.04 Å². The van der Waals surface area contributed by atoms with E-state index < -0.39 is 0 Å². The third kappa shape index (κ3) is 6.80. The lowest BCUT2D eigenvalue weighted by Crippen LogP contribution is -2.42. The Balaban J connectivity index is 2.74. The molecule has 0 bridgehead atoms. The molecule has 0 spiro atoms. The molecule has 0 amide bonds. The molecule has 0 saturated carbocycles. The number of aliphatic imine (C=N–C) groups is 1. The van der Waals surface area contributed by atoms with Crippen LogP contribution in [-0.2, 0) is 4.74 Å². The Morgan fingerprint density at radius 2 is 1.88 bits per heavy atom. The molecular weight excluding hydrogens is 320 g/mol. The minimum Gasteiger partial charge on any atom is -0.493 e. The maximum atomic E-state index is 5.42. The van der Waals surface area contributed by atoms with Gasteiger partial charge >= 0.3 is 0 Å². The van der Waals surface area contributed by atoms with Crippen molar-refractivity contribution in [1.29, 1.82) is 0 Å². The highest BCUT2D eigenvalue weighted by Crippen LogP contribution is 2.31. The molecule has 7 heteroatoms. The van der Waals surface area contributed by atoms with E-state index in [0.29, 0.717) is 13.2 Å². The van der Waals surface area contributed by atoms with Crippen LogP contribution in [0.4, 0.5) is 0 Å².